The molecular formula is C23H33F3. The summed E-state index contributed by atoms with van der Waals surface area (Å²) in [6.45, 7) is 2.25. The van der Waals surface area contributed by atoms with Crippen molar-refractivity contribution < 1.29 is 13.2 Å². The van der Waals surface area contributed by atoms with Gasteiger partial charge >= 0.3 is 0 Å². The predicted molar refractivity (Wildman–Crippen MR) is 104 cm³/mol. The van der Waals surface area contributed by atoms with Crippen LogP contribution in [0.25, 0.3) is 6.08 Å². The van der Waals surface area contributed by atoms with Gasteiger partial charge in [-0.15, -0.1) is 0 Å². The number of hydrogen-bond donors (Lipinski definition) is 0. The summed E-state index contributed by atoms with van der Waals surface area (Å²) in [6, 6.07) is 4.75. The zero-order valence-corrected chi connectivity index (χ0v) is 16.1. The first-order chi connectivity index (χ1) is 12.6. The van der Waals surface area contributed by atoms with E-state index < -0.39 is 11.9 Å². The highest BCUT2D eigenvalue weighted by molar-refractivity contribution is 5.51. The Morgan fingerprint density at radius 2 is 1.62 bits per heavy atom. The molecule has 1 aromatic rings. The zero-order valence-electron chi connectivity index (χ0n) is 16.1. The first kappa shape index (κ1) is 21.1. The standard InChI is InChI=1S/C23H33F3/c1-2-3-4-5-6-7-8-9-18-10-12-19(13-11-18)20-14-15-21(17-23(25)26)22(24)16-20/h14-19H,2-13H2,1H3/t18-,19-. The highest BCUT2D eigenvalue weighted by Gasteiger charge is 2.22. The zero-order chi connectivity index (χ0) is 18.8. The minimum absolute atomic E-state index is 0.0265. The molecule has 0 unspecified atom stereocenters. The van der Waals surface area contributed by atoms with E-state index >= 15 is 0 Å². The van der Waals surface area contributed by atoms with Gasteiger partial charge in [-0.1, -0.05) is 70.4 Å². The lowest BCUT2D eigenvalue weighted by atomic mass is 9.77. The summed E-state index contributed by atoms with van der Waals surface area (Å²) < 4.78 is 38.6. The average molecular weight is 367 g/mol. The third kappa shape index (κ3) is 7.17. The minimum Gasteiger partial charge on any atom is -0.206 e. The van der Waals surface area contributed by atoms with Gasteiger partial charge in [-0.25, -0.2) is 4.39 Å². The average Bonchev–Trinajstić information content (AvgIpc) is 2.63. The molecule has 0 atom stereocenters. The third-order valence-corrected chi connectivity index (χ3v) is 5.82. The molecule has 0 spiro atoms. The lowest BCUT2D eigenvalue weighted by Gasteiger charge is -2.29. The Hall–Kier alpha value is -1.25. The van der Waals surface area contributed by atoms with Crippen molar-refractivity contribution in [1.82, 2.24) is 0 Å². The second-order valence-electron chi connectivity index (χ2n) is 7.84. The molecule has 0 amide bonds. The topological polar surface area (TPSA) is 0 Å². The fraction of sp³-hybridized carbons (Fsp3) is 0.652. The van der Waals surface area contributed by atoms with Crippen molar-refractivity contribution in [2.24, 2.45) is 5.92 Å². The van der Waals surface area contributed by atoms with Crippen molar-refractivity contribution in [3.63, 3.8) is 0 Å². The minimum atomic E-state index is -1.86. The second-order valence-corrected chi connectivity index (χ2v) is 7.84. The van der Waals surface area contributed by atoms with Crippen LogP contribution in [0.2, 0.25) is 0 Å². The van der Waals surface area contributed by atoms with Gasteiger partial charge in [0, 0.05) is 11.6 Å². The van der Waals surface area contributed by atoms with Crippen molar-refractivity contribution in [3.8, 4) is 0 Å². The molecule has 0 aromatic heterocycles. The molecule has 0 bridgehead atoms. The van der Waals surface area contributed by atoms with E-state index in [1.165, 1.54) is 76.3 Å². The summed E-state index contributed by atoms with van der Waals surface area (Å²) in [5, 5.41) is 0. The van der Waals surface area contributed by atoms with Crippen molar-refractivity contribution in [3.05, 3.63) is 41.2 Å². The monoisotopic (exact) mass is 366 g/mol. The number of rotatable bonds is 10. The molecule has 0 N–H and O–H groups in total. The molecule has 0 nitrogen and oxygen atoms in total. The van der Waals surface area contributed by atoms with Gasteiger partial charge in [0.25, 0.3) is 6.08 Å². The van der Waals surface area contributed by atoms with Gasteiger partial charge in [0.05, 0.1) is 0 Å². The fourth-order valence-electron chi connectivity index (χ4n) is 4.21. The summed E-state index contributed by atoms with van der Waals surface area (Å²) in [7, 11) is 0. The van der Waals surface area contributed by atoms with E-state index in [2.05, 4.69) is 6.92 Å². The maximum Gasteiger partial charge on any atom is 0.271 e. The van der Waals surface area contributed by atoms with Crippen molar-refractivity contribution in [2.45, 2.75) is 89.9 Å². The smallest absolute Gasteiger partial charge is 0.206 e. The lowest BCUT2D eigenvalue weighted by molar-refractivity contribution is 0.301. The van der Waals surface area contributed by atoms with Crippen LogP contribution in [0, 0.1) is 11.7 Å². The quantitative estimate of drug-likeness (QED) is 0.364. The Morgan fingerprint density at radius 1 is 0.962 bits per heavy atom. The van der Waals surface area contributed by atoms with Crippen LogP contribution in [0.15, 0.2) is 24.3 Å². The van der Waals surface area contributed by atoms with Gasteiger partial charge < -0.3 is 0 Å². The molecule has 1 saturated carbocycles. The van der Waals surface area contributed by atoms with Crippen molar-refractivity contribution >= 4 is 6.08 Å². The molecule has 26 heavy (non-hydrogen) atoms. The van der Waals surface area contributed by atoms with Gasteiger partial charge in [0.1, 0.15) is 5.82 Å². The second kappa shape index (κ2) is 11.5. The van der Waals surface area contributed by atoms with E-state index in [4.69, 9.17) is 0 Å². The lowest BCUT2D eigenvalue weighted by Crippen LogP contribution is -2.13. The summed E-state index contributed by atoms with van der Waals surface area (Å²) in [4.78, 5) is 0. The van der Waals surface area contributed by atoms with Crippen LogP contribution in [0.5, 0.6) is 0 Å². The van der Waals surface area contributed by atoms with Crippen LogP contribution >= 0.6 is 0 Å². The molecule has 2 rings (SSSR count). The summed E-state index contributed by atoms with van der Waals surface area (Å²) in [5.74, 6) is 0.651. The largest absolute Gasteiger partial charge is 0.271 e. The van der Waals surface area contributed by atoms with Crippen LogP contribution in [-0.4, -0.2) is 0 Å². The molecule has 0 aliphatic heterocycles. The highest BCUT2D eigenvalue weighted by atomic mass is 19.3. The molecule has 1 fully saturated rings. The normalized spacial score (nSPS) is 20.2. The molecule has 0 radical (unpaired) electrons. The highest BCUT2D eigenvalue weighted by Crippen LogP contribution is 2.38. The van der Waals surface area contributed by atoms with Crippen LogP contribution in [0.1, 0.15) is 101 Å². The molecule has 146 valence electrons. The Bertz CT molecular complexity index is 553. The number of hydrogen-bond acceptors (Lipinski definition) is 0. The predicted octanol–water partition coefficient (Wildman–Crippen LogP) is 8.48. The first-order valence-electron chi connectivity index (χ1n) is 10.4. The molecular weight excluding hydrogens is 333 g/mol. The number of halogens is 3. The molecule has 3 heteroatoms. The van der Waals surface area contributed by atoms with Gasteiger partial charge in [0.15, 0.2) is 0 Å². The van der Waals surface area contributed by atoms with E-state index in [1.807, 2.05) is 6.07 Å². The number of benzene rings is 1. The van der Waals surface area contributed by atoms with Crippen LogP contribution in [0.3, 0.4) is 0 Å². The maximum absolute atomic E-state index is 14.0. The van der Waals surface area contributed by atoms with E-state index in [0.717, 1.165) is 24.3 Å². The molecule has 1 aliphatic rings. The Balaban J connectivity index is 1.70. The molecule has 1 aliphatic carbocycles. The Labute approximate surface area is 156 Å². The SMILES string of the molecule is CCCCCCCCC[C@H]1CC[C@H](c2ccc(C=C(F)F)c(F)c2)CC1. The molecule has 0 saturated heterocycles. The first-order valence-corrected chi connectivity index (χ1v) is 10.4. The summed E-state index contributed by atoms with van der Waals surface area (Å²) in [5.41, 5.74) is 0.940. The van der Waals surface area contributed by atoms with E-state index in [9.17, 15) is 13.2 Å². The van der Waals surface area contributed by atoms with Crippen LogP contribution < -0.4 is 0 Å². The molecule has 0 heterocycles. The van der Waals surface area contributed by atoms with E-state index in [-0.39, 0.29) is 5.56 Å². The summed E-state index contributed by atoms with van der Waals surface area (Å²) in [6.07, 6.45) is 14.2. The molecule has 1 aromatic carbocycles. The van der Waals surface area contributed by atoms with Crippen molar-refractivity contribution in [2.75, 3.05) is 0 Å². The maximum atomic E-state index is 14.0. The van der Waals surface area contributed by atoms with Crippen LogP contribution in [-0.2, 0) is 0 Å². The van der Waals surface area contributed by atoms with Crippen LogP contribution in [0.4, 0.5) is 13.2 Å². The Morgan fingerprint density at radius 3 is 2.23 bits per heavy atom. The number of unbranched alkanes of at least 4 members (excludes halogenated alkanes) is 6. The van der Waals surface area contributed by atoms with Gasteiger partial charge in [0.2, 0.25) is 0 Å². The summed E-state index contributed by atoms with van der Waals surface area (Å²) >= 11 is 0. The fourth-order valence-corrected chi connectivity index (χ4v) is 4.21. The van der Waals surface area contributed by atoms with Gasteiger partial charge in [-0.3, -0.25) is 0 Å². The Kier molecular flexibility index (Phi) is 9.28. The third-order valence-electron chi connectivity index (χ3n) is 5.82. The van der Waals surface area contributed by atoms with Gasteiger partial charge in [-0.05, 0) is 49.1 Å². The van der Waals surface area contributed by atoms with Gasteiger partial charge in [-0.2, -0.15) is 8.78 Å². The van der Waals surface area contributed by atoms with E-state index in [0.29, 0.717) is 12.0 Å². The van der Waals surface area contributed by atoms with E-state index in [1.54, 1.807) is 0 Å². The van der Waals surface area contributed by atoms with Crippen molar-refractivity contribution in [1.29, 1.82) is 0 Å².